The molecule has 164 valence electrons. The van der Waals surface area contributed by atoms with Gasteiger partial charge < -0.3 is 26.2 Å². The summed E-state index contributed by atoms with van der Waals surface area (Å²) in [5.74, 6) is -0.0600. The minimum atomic E-state index is -1.07. The summed E-state index contributed by atoms with van der Waals surface area (Å²) in [5.41, 5.74) is 5.47. The van der Waals surface area contributed by atoms with Crippen molar-refractivity contribution in [2.45, 2.75) is 98.1 Å². The fourth-order valence-corrected chi connectivity index (χ4v) is 4.06. The van der Waals surface area contributed by atoms with Gasteiger partial charge in [-0.25, -0.2) is 0 Å². The smallest absolute Gasteiger partial charge is 0.225 e. The van der Waals surface area contributed by atoms with E-state index in [9.17, 15) is 19.8 Å². The van der Waals surface area contributed by atoms with Crippen molar-refractivity contribution >= 4 is 11.8 Å². The lowest BCUT2D eigenvalue weighted by atomic mass is 9.72. The highest BCUT2D eigenvalue weighted by Gasteiger charge is 2.46. The zero-order valence-electron chi connectivity index (χ0n) is 18.3. The quantitative estimate of drug-likeness (QED) is 0.296. The maximum atomic E-state index is 12.4. The second-order valence-corrected chi connectivity index (χ2v) is 8.81. The Kier molecular flexibility index (Phi) is 9.87. The Morgan fingerprint density at radius 1 is 1.29 bits per heavy atom. The average molecular weight is 400 g/mol. The second-order valence-electron chi connectivity index (χ2n) is 8.81. The molecule has 2 amide bonds. The minimum absolute atomic E-state index is 0.0172. The van der Waals surface area contributed by atoms with Crippen LogP contribution in [-0.4, -0.2) is 52.0 Å². The van der Waals surface area contributed by atoms with Crippen molar-refractivity contribution in [2.24, 2.45) is 23.0 Å². The molecule has 0 spiro atoms. The Bertz CT molecular complexity index is 498. The van der Waals surface area contributed by atoms with Crippen LogP contribution in [0.3, 0.4) is 0 Å². The summed E-state index contributed by atoms with van der Waals surface area (Å²) in [6, 6.07) is -0.451. The molecule has 1 fully saturated rings. The van der Waals surface area contributed by atoms with Gasteiger partial charge in [0.25, 0.3) is 0 Å². The van der Waals surface area contributed by atoms with Crippen LogP contribution < -0.4 is 11.1 Å². The molecule has 0 aliphatic carbocycles. The minimum Gasteiger partial charge on any atom is -0.377 e. The highest BCUT2D eigenvalue weighted by molar-refractivity contribution is 5.79. The van der Waals surface area contributed by atoms with E-state index in [2.05, 4.69) is 26.1 Å². The largest absolute Gasteiger partial charge is 0.377 e. The van der Waals surface area contributed by atoms with Gasteiger partial charge in [-0.05, 0) is 24.2 Å². The third kappa shape index (κ3) is 6.42. The monoisotopic (exact) mass is 399 g/mol. The summed E-state index contributed by atoms with van der Waals surface area (Å²) >= 11 is 0. The fraction of sp³-hybridized carbons (Fsp3) is 0.905. The molecule has 1 aliphatic rings. The third-order valence-corrected chi connectivity index (χ3v) is 6.62. The molecular weight excluding hydrogens is 358 g/mol. The number of nitrogens with zero attached hydrogens (tertiary/aromatic N) is 1. The molecule has 1 heterocycles. The van der Waals surface area contributed by atoms with Crippen LogP contribution in [0.4, 0.5) is 0 Å². The summed E-state index contributed by atoms with van der Waals surface area (Å²) in [7, 11) is 0. The first-order valence-electron chi connectivity index (χ1n) is 10.8. The van der Waals surface area contributed by atoms with Crippen molar-refractivity contribution in [1.29, 1.82) is 0 Å². The first-order valence-corrected chi connectivity index (χ1v) is 10.8. The van der Waals surface area contributed by atoms with Crippen molar-refractivity contribution in [1.82, 2.24) is 10.2 Å². The Labute approximate surface area is 170 Å². The standard InChI is InChI=1S/C21H41N3O4/c1-6-21(5,7-2)15-13-17(26)24(20(15)28)12-10-8-9-11-16(25)23-18(14(3)4)19(22)27/h14-15,18-20,27-28H,6-13,22H2,1-5H3,(H,23,25). The van der Waals surface area contributed by atoms with Crippen LogP contribution in [0, 0.1) is 17.3 Å². The fourth-order valence-electron chi connectivity index (χ4n) is 4.06. The zero-order valence-corrected chi connectivity index (χ0v) is 18.3. The van der Waals surface area contributed by atoms with Crippen molar-refractivity contribution in [3.05, 3.63) is 0 Å². The molecule has 0 aromatic rings. The SMILES string of the molecule is CCC(C)(CC)C1CC(=O)N(CCCCCC(=O)NC(C(C)C)C(N)O)C1O. The van der Waals surface area contributed by atoms with Gasteiger partial charge in [0, 0.05) is 25.3 Å². The van der Waals surface area contributed by atoms with E-state index in [1.807, 2.05) is 13.8 Å². The maximum Gasteiger partial charge on any atom is 0.225 e. The molecule has 0 aromatic heterocycles. The number of carbonyl (C=O) groups excluding carboxylic acids is 2. The van der Waals surface area contributed by atoms with Gasteiger partial charge in [0.1, 0.15) is 12.5 Å². The Hall–Kier alpha value is -1.18. The van der Waals surface area contributed by atoms with Crippen molar-refractivity contribution in [2.75, 3.05) is 6.54 Å². The summed E-state index contributed by atoms with van der Waals surface area (Å²) in [5, 5.41) is 23.0. The number of hydrogen-bond donors (Lipinski definition) is 4. The molecule has 0 aromatic carbocycles. The van der Waals surface area contributed by atoms with E-state index < -0.39 is 18.5 Å². The van der Waals surface area contributed by atoms with Gasteiger partial charge in [-0.2, -0.15) is 0 Å². The van der Waals surface area contributed by atoms with Gasteiger partial charge >= 0.3 is 0 Å². The van der Waals surface area contributed by atoms with Crippen molar-refractivity contribution < 1.29 is 19.8 Å². The van der Waals surface area contributed by atoms with Gasteiger partial charge in [-0.3, -0.25) is 9.59 Å². The molecule has 0 saturated carbocycles. The molecule has 4 atom stereocenters. The first-order chi connectivity index (χ1) is 13.1. The van der Waals surface area contributed by atoms with Crippen LogP contribution in [-0.2, 0) is 9.59 Å². The van der Waals surface area contributed by atoms with Crippen LogP contribution in [0.1, 0.15) is 79.6 Å². The number of carbonyl (C=O) groups is 2. The van der Waals surface area contributed by atoms with E-state index in [0.29, 0.717) is 25.8 Å². The number of likely N-dealkylation sites (tertiary alicyclic amines) is 1. The number of aliphatic hydroxyl groups excluding tert-OH is 2. The summed E-state index contributed by atoms with van der Waals surface area (Å²) in [6.45, 7) is 10.7. The number of rotatable bonds is 12. The zero-order chi connectivity index (χ0) is 21.5. The van der Waals surface area contributed by atoms with Crippen LogP contribution in [0.15, 0.2) is 0 Å². The predicted molar refractivity (Wildman–Crippen MR) is 110 cm³/mol. The molecule has 1 saturated heterocycles. The van der Waals surface area contributed by atoms with Crippen LogP contribution >= 0.6 is 0 Å². The van der Waals surface area contributed by atoms with E-state index in [1.165, 1.54) is 0 Å². The van der Waals surface area contributed by atoms with E-state index >= 15 is 0 Å². The Morgan fingerprint density at radius 3 is 2.39 bits per heavy atom. The topological polar surface area (TPSA) is 116 Å². The maximum absolute atomic E-state index is 12.4. The molecule has 7 heteroatoms. The molecule has 0 radical (unpaired) electrons. The number of nitrogens with two attached hydrogens (primary N) is 1. The van der Waals surface area contributed by atoms with Gasteiger partial charge in [0.15, 0.2) is 0 Å². The number of nitrogens with one attached hydrogen (secondary N) is 1. The van der Waals surface area contributed by atoms with Gasteiger partial charge in [0.05, 0.1) is 6.04 Å². The molecule has 4 unspecified atom stereocenters. The summed E-state index contributed by atoms with van der Waals surface area (Å²) in [6.07, 6.45) is 3.12. The van der Waals surface area contributed by atoms with Crippen LogP contribution in [0.5, 0.6) is 0 Å². The van der Waals surface area contributed by atoms with Crippen LogP contribution in [0.25, 0.3) is 0 Å². The predicted octanol–water partition coefficient (Wildman–Crippen LogP) is 1.96. The molecule has 1 aliphatic heterocycles. The van der Waals surface area contributed by atoms with Gasteiger partial charge in [0.2, 0.25) is 11.8 Å². The Morgan fingerprint density at radius 2 is 1.89 bits per heavy atom. The molecule has 0 bridgehead atoms. The highest BCUT2D eigenvalue weighted by Crippen LogP contribution is 2.43. The lowest BCUT2D eigenvalue weighted by Gasteiger charge is -2.36. The molecule has 7 nitrogen and oxygen atoms in total. The lowest BCUT2D eigenvalue weighted by Crippen LogP contribution is -2.50. The number of hydrogen-bond acceptors (Lipinski definition) is 5. The highest BCUT2D eigenvalue weighted by atomic mass is 16.3. The normalized spacial score (nSPS) is 22.6. The van der Waals surface area contributed by atoms with E-state index in [0.717, 1.165) is 25.7 Å². The summed E-state index contributed by atoms with van der Waals surface area (Å²) in [4.78, 5) is 26.0. The number of amides is 2. The van der Waals surface area contributed by atoms with Crippen LogP contribution in [0.2, 0.25) is 0 Å². The number of unbranched alkanes of at least 4 members (excludes halogenated alkanes) is 2. The van der Waals surface area contributed by atoms with Gasteiger partial charge in [-0.1, -0.05) is 53.9 Å². The molecule has 5 N–H and O–H groups in total. The molecular formula is C21H41N3O4. The second kappa shape index (κ2) is 11.1. The number of aliphatic hydroxyl groups is 2. The molecule has 1 rings (SSSR count). The average Bonchev–Trinajstić information content (AvgIpc) is 2.93. The summed E-state index contributed by atoms with van der Waals surface area (Å²) < 4.78 is 0. The van der Waals surface area contributed by atoms with Gasteiger partial charge in [-0.15, -0.1) is 0 Å². The van der Waals surface area contributed by atoms with E-state index in [1.54, 1.807) is 4.90 Å². The third-order valence-electron chi connectivity index (χ3n) is 6.62. The molecule has 28 heavy (non-hydrogen) atoms. The van der Waals surface area contributed by atoms with Crippen molar-refractivity contribution in [3.8, 4) is 0 Å². The van der Waals surface area contributed by atoms with E-state index in [-0.39, 0.29) is 29.1 Å². The van der Waals surface area contributed by atoms with E-state index in [4.69, 9.17) is 5.73 Å². The Balaban J connectivity index is 2.38. The van der Waals surface area contributed by atoms with Crippen molar-refractivity contribution in [3.63, 3.8) is 0 Å². The lowest BCUT2D eigenvalue weighted by molar-refractivity contribution is -0.134. The first kappa shape index (κ1) is 24.9.